The smallest absolute Gasteiger partial charge is 0.332 e. The predicted octanol–water partition coefficient (Wildman–Crippen LogP) is 3.75. The summed E-state index contributed by atoms with van der Waals surface area (Å²) in [5, 5.41) is 35.4. The molecule has 2 heterocycles. The lowest BCUT2D eigenvalue weighted by Gasteiger charge is -2.32. The molecule has 1 amide bonds. The van der Waals surface area contributed by atoms with Crippen LogP contribution in [-0.4, -0.2) is 73.3 Å². The largest absolute Gasteiger partial charge is 0.508 e. The summed E-state index contributed by atoms with van der Waals surface area (Å²) >= 11 is 0. The van der Waals surface area contributed by atoms with Crippen LogP contribution in [0.25, 0.3) is 0 Å². The maximum absolute atomic E-state index is 14.1. The van der Waals surface area contributed by atoms with Gasteiger partial charge in [-0.3, -0.25) is 18.9 Å². The Morgan fingerprint density at radius 2 is 1.67 bits per heavy atom. The second-order valence-corrected chi connectivity index (χ2v) is 15.2. The van der Waals surface area contributed by atoms with Gasteiger partial charge in [-0.25, -0.2) is 13.2 Å². The number of nitrogens with one attached hydrogen (secondary N) is 1. The molecule has 3 atom stereocenters. The fraction of sp³-hybridized carbons (Fsp3) is 0.417. The molecule has 0 saturated heterocycles. The highest BCUT2D eigenvalue weighted by molar-refractivity contribution is 7.89. The van der Waals surface area contributed by atoms with Crippen molar-refractivity contribution >= 4 is 15.9 Å². The Morgan fingerprint density at radius 3 is 2.29 bits per heavy atom. The molecule has 2 aromatic carbocycles. The Morgan fingerprint density at radius 1 is 0.980 bits per heavy atom. The summed E-state index contributed by atoms with van der Waals surface area (Å²) in [6.07, 6.45) is 3.31. The number of benzene rings is 2. The molecule has 2 aromatic heterocycles. The van der Waals surface area contributed by atoms with E-state index in [4.69, 9.17) is 0 Å². The molecule has 4 rings (SSSR count). The van der Waals surface area contributed by atoms with Crippen molar-refractivity contribution < 1.29 is 28.5 Å². The Balaban J connectivity index is 1.66. The van der Waals surface area contributed by atoms with Gasteiger partial charge in [0, 0.05) is 25.5 Å². The van der Waals surface area contributed by atoms with Crippen LogP contribution in [0.15, 0.2) is 82.9 Å². The highest BCUT2D eigenvalue weighted by Crippen LogP contribution is 2.25. The monoisotopic (exact) mass is 693 g/mol. The number of aliphatic hydroxyl groups is 1. The molecule has 0 fully saturated rings. The van der Waals surface area contributed by atoms with E-state index in [-0.39, 0.29) is 48.5 Å². The number of phenolic OH excluding ortho intramolecular Hbond substituents is 1. The van der Waals surface area contributed by atoms with Gasteiger partial charge in [0.1, 0.15) is 11.8 Å². The van der Waals surface area contributed by atoms with Crippen molar-refractivity contribution in [3.8, 4) is 11.6 Å². The lowest BCUT2D eigenvalue weighted by molar-refractivity contribution is -0.127. The quantitative estimate of drug-likeness (QED) is 0.146. The molecule has 13 heteroatoms. The zero-order valence-corrected chi connectivity index (χ0v) is 29.6. The van der Waals surface area contributed by atoms with Gasteiger partial charge in [0.25, 0.3) is 0 Å². The summed E-state index contributed by atoms with van der Waals surface area (Å²) in [4.78, 5) is 31.8. The molecular formula is C36H47N5O7S. The van der Waals surface area contributed by atoms with Crippen molar-refractivity contribution in [1.29, 1.82) is 0 Å². The normalized spacial score (nSPS) is 13.9. The minimum absolute atomic E-state index is 0.0238. The first kappa shape index (κ1) is 37.4. The Bertz CT molecular complexity index is 1900. The van der Waals surface area contributed by atoms with Crippen LogP contribution < -0.4 is 11.0 Å². The number of phenols is 1. The van der Waals surface area contributed by atoms with Crippen LogP contribution in [0.1, 0.15) is 56.0 Å². The van der Waals surface area contributed by atoms with Crippen LogP contribution in [-0.2, 0) is 27.8 Å². The molecule has 0 aliphatic heterocycles. The first-order chi connectivity index (χ1) is 23.1. The lowest BCUT2D eigenvalue weighted by Crippen LogP contribution is -2.53. The number of carbonyl (C=O) groups excluding carboxylic acids is 1. The standard InChI is InChI=1S/C36H47N5O7S/c1-23(2)19-39(49(47,48)29-12-13-31(42)26(6)16-29)21-32(43)30(17-27-10-8-7-9-11-27)38-35(45)34(24(3)4)41-22-33(44)40(36(41)46)20-28-18-37-15-14-25(28)5/h7-16,18,22-24,30,32,34,42-44H,17,19-21H2,1-6H3,(H,38,45)/t30-,32+,34-/m0/s1. The van der Waals surface area contributed by atoms with Gasteiger partial charge >= 0.3 is 5.69 Å². The Hall–Kier alpha value is -4.46. The second-order valence-electron chi connectivity index (χ2n) is 13.3. The number of aromatic nitrogens is 3. The summed E-state index contributed by atoms with van der Waals surface area (Å²) in [6, 6.07) is 13.0. The van der Waals surface area contributed by atoms with E-state index in [2.05, 4.69) is 10.3 Å². The first-order valence-corrected chi connectivity index (χ1v) is 17.8. The minimum Gasteiger partial charge on any atom is -0.508 e. The second kappa shape index (κ2) is 15.8. The molecule has 0 saturated carbocycles. The first-order valence-electron chi connectivity index (χ1n) is 16.3. The number of aliphatic hydroxyl groups excluding tert-OH is 1. The van der Waals surface area contributed by atoms with E-state index in [9.17, 15) is 33.3 Å². The summed E-state index contributed by atoms with van der Waals surface area (Å²) < 4.78 is 31.3. The van der Waals surface area contributed by atoms with Crippen LogP contribution in [0.4, 0.5) is 0 Å². The molecule has 0 aliphatic rings. The molecule has 4 aromatic rings. The summed E-state index contributed by atoms with van der Waals surface area (Å²) in [6.45, 7) is 10.6. The number of imidazole rings is 1. The Kier molecular flexibility index (Phi) is 12.1. The Labute approximate surface area is 287 Å². The van der Waals surface area contributed by atoms with Crippen molar-refractivity contribution in [2.45, 2.75) is 77.6 Å². The zero-order chi connectivity index (χ0) is 36.0. The van der Waals surface area contributed by atoms with Crippen LogP contribution in [0.2, 0.25) is 0 Å². The fourth-order valence-corrected chi connectivity index (χ4v) is 7.50. The number of carbonyl (C=O) groups is 1. The van der Waals surface area contributed by atoms with Gasteiger partial charge in [-0.2, -0.15) is 4.31 Å². The van der Waals surface area contributed by atoms with Crippen LogP contribution in [0.5, 0.6) is 11.6 Å². The molecule has 0 aliphatic carbocycles. The molecule has 12 nitrogen and oxygen atoms in total. The molecule has 0 unspecified atom stereocenters. The van der Waals surface area contributed by atoms with Gasteiger partial charge in [-0.15, -0.1) is 0 Å². The van der Waals surface area contributed by atoms with Crippen molar-refractivity contribution in [1.82, 2.24) is 23.7 Å². The third-order valence-electron chi connectivity index (χ3n) is 8.51. The number of nitrogens with zero attached hydrogens (tertiary/aromatic N) is 4. The summed E-state index contributed by atoms with van der Waals surface area (Å²) in [5.74, 6) is -1.41. The molecule has 0 bridgehead atoms. The van der Waals surface area contributed by atoms with Gasteiger partial charge < -0.3 is 20.6 Å². The third-order valence-corrected chi connectivity index (χ3v) is 10.3. The highest BCUT2D eigenvalue weighted by atomic mass is 32.2. The van der Waals surface area contributed by atoms with Gasteiger partial charge in [0.15, 0.2) is 0 Å². The van der Waals surface area contributed by atoms with Crippen molar-refractivity contribution in [2.24, 2.45) is 11.8 Å². The zero-order valence-electron chi connectivity index (χ0n) is 28.8. The molecular weight excluding hydrogens is 646 g/mol. The van der Waals surface area contributed by atoms with Crippen molar-refractivity contribution in [3.63, 3.8) is 0 Å². The number of pyridine rings is 1. The number of hydrogen-bond acceptors (Lipinski definition) is 8. The van der Waals surface area contributed by atoms with E-state index in [0.717, 1.165) is 16.7 Å². The average molecular weight is 694 g/mol. The maximum atomic E-state index is 14.1. The summed E-state index contributed by atoms with van der Waals surface area (Å²) in [7, 11) is -4.11. The van der Waals surface area contributed by atoms with Crippen LogP contribution in [0, 0.1) is 25.7 Å². The average Bonchev–Trinajstić information content (AvgIpc) is 3.30. The van der Waals surface area contributed by atoms with Crippen molar-refractivity contribution in [3.05, 3.63) is 106 Å². The molecule has 0 radical (unpaired) electrons. The molecule has 0 spiro atoms. The van der Waals surface area contributed by atoms with Gasteiger partial charge in [0.2, 0.25) is 21.8 Å². The molecule has 4 N–H and O–H groups in total. The summed E-state index contributed by atoms with van der Waals surface area (Å²) in [5.41, 5.74) is 2.23. The van der Waals surface area contributed by atoms with Gasteiger partial charge in [-0.1, -0.05) is 58.0 Å². The van der Waals surface area contributed by atoms with Crippen LogP contribution in [0.3, 0.4) is 0 Å². The number of aryl methyl sites for hydroxylation is 2. The predicted molar refractivity (Wildman–Crippen MR) is 187 cm³/mol. The maximum Gasteiger partial charge on any atom is 0.332 e. The van der Waals surface area contributed by atoms with Gasteiger partial charge in [0.05, 0.1) is 29.8 Å². The van der Waals surface area contributed by atoms with E-state index in [1.54, 1.807) is 39.2 Å². The highest BCUT2D eigenvalue weighted by Gasteiger charge is 2.34. The topological polar surface area (TPSA) is 167 Å². The van der Waals surface area contributed by atoms with E-state index < -0.39 is 45.7 Å². The third kappa shape index (κ3) is 8.97. The van der Waals surface area contributed by atoms with Crippen molar-refractivity contribution in [2.75, 3.05) is 13.1 Å². The number of hydrogen-bond donors (Lipinski definition) is 4. The van der Waals surface area contributed by atoms with E-state index in [0.29, 0.717) is 5.56 Å². The number of amides is 1. The number of sulfonamides is 1. The minimum atomic E-state index is -4.11. The van der Waals surface area contributed by atoms with E-state index in [1.807, 2.05) is 51.1 Å². The van der Waals surface area contributed by atoms with E-state index >= 15 is 0 Å². The molecule has 264 valence electrons. The van der Waals surface area contributed by atoms with E-state index in [1.165, 1.54) is 37.8 Å². The number of rotatable bonds is 15. The molecule has 49 heavy (non-hydrogen) atoms. The lowest BCUT2D eigenvalue weighted by atomic mass is 9.98. The SMILES string of the molecule is Cc1cc(S(=O)(=O)N(CC(C)C)C[C@@H](O)[C@H](Cc2ccccc2)NC(=O)[C@H](C(C)C)n2cc(O)n(Cc3cnccc3C)c2=O)ccc1O. The van der Waals surface area contributed by atoms with Gasteiger partial charge in [-0.05, 0) is 78.6 Å². The fourth-order valence-electron chi connectivity index (χ4n) is 5.79. The number of aromatic hydroxyl groups is 2. The van der Waals surface area contributed by atoms with Crippen LogP contribution >= 0.6 is 0 Å².